The fourth-order valence-corrected chi connectivity index (χ4v) is 13.2. The molecule has 2 aliphatic rings. The molecule has 2 aromatic heterocycles. The van der Waals surface area contributed by atoms with Gasteiger partial charge in [0.25, 0.3) is 0 Å². The first-order valence-electron chi connectivity index (χ1n) is 22.9. The van der Waals surface area contributed by atoms with E-state index in [1.165, 1.54) is 62.6 Å². The highest BCUT2D eigenvalue weighted by molar-refractivity contribution is 7.26. The van der Waals surface area contributed by atoms with Gasteiger partial charge in [0.05, 0.1) is 0 Å². The zero-order valence-corrected chi connectivity index (χ0v) is 38.1. The van der Waals surface area contributed by atoms with E-state index in [4.69, 9.17) is 0 Å². The maximum absolute atomic E-state index is 14.4. The predicted octanol–water partition coefficient (Wildman–Crippen LogP) is 18.4. The minimum Gasteiger partial charge on any atom is -0.310 e. The summed E-state index contributed by atoms with van der Waals surface area (Å²) in [7, 11) is 0. The largest absolute Gasteiger partial charge is 0.310 e. The molecule has 0 spiro atoms. The summed E-state index contributed by atoms with van der Waals surface area (Å²) in [5, 5.41) is 5.00. The molecule has 322 valence electrons. The summed E-state index contributed by atoms with van der Waals surface area (Å²) in [5.41, 5.74) is 17.9. The number of halogens is 2. The zero-order valence-electron chi connectivity index (χ0n) is 36.5. The molecule has 0 fully saturated rings. The number of anilines is 6. The van der Waals surface area contributed by atoms with Crippen molar-refractivity contribution >= 4 is 97.1 Å². The standard InChI is InChI=1S/C62H38F2N2S2/c63-41-17-11-39-31-53-49(51(39)33-41)25-29-59-61(53)55-35-47(23-27-57(55)67-59)65(43-7-3-1-4-8-43)45-19-13-37(14-20-45)38-15-21-46(22-16-38)66(44-9-5-2-6-10-44)48-24-28-58-56(36-48)62-54-32-40-12-18-42(64)34-52(40)50(54)26-30-60(62)68-58/h1-30,33-36H,31-32H2. The van der Waals surface area contributed by atoms with Crippen LogP contribution in [0.4, 0.5) is 42.9 Å². The van der Waals surface area contributed by atoms with Gasteiger partial charge in [-0.25, -0.2) is 8.78 Å². The molecule has 2 aliphatic carbocycles. The van der Waals surface area contributed by atoms with E-state index in [0.29, 0.717) is 0 Å². The van der Waals surface area contributed by atoms with E-state index in [9.17, 15) is 8.78 Å². The monoisotopic (exact) mass is 912 g/mol. The molecule has 0 radical (unpaired) electrons. The van der Waals surface area contributed by atoms with Crippen molar-refractivity contribution in [3.63, 3.8) is 0 Å². The van der Waals surface area contributed by atoms with Gasteiger partial charge in [0.2, 0.25) is 0 Å². The molecule has 68 heavy (non-hydrogen) atoms. The summed E-state index contributed by atoms with van der Waals surface area (Å²) < 4.78 is 33.9. The van der Waals surface area contributed by atoms with Gasteiger partial charge < -0.3 is 9.80 Å². The third-order valence-electron chi connectivity index (χ3n) is 14.0. The number of benzene rings is 10. The van der Waals surface area contributed by atoms with Crippen molar-refractivity contribution in [3.8, 4) is 33.4 Å². The van der Waals surface area contributed by atoms with Crippen molar-refractivity contribution in [1.29, 1.82) is 0 Å². The first-order chi connectivity index (χ1) is 33.5. The van der Waals surface area contributed by atoms with Crippen LogP contribution in [-0.2, 0) is 12.8 Å². The molecule has 0 bridgehead atoms. The first kappa shape index (κ1) is 39.3. The van der Waals surface area contributed by atoms with E-state index in [2.05, 4.69) is 180 Å². The summed E-state index contributed by atoms with van der Waals surface area (Å²) >= 11 is 3.64. The lowest BCUT2D eigenvalue weighted by atomic mass is 10.00. The third kappa shape index (κ3) is 6.25. The van der Waals surface area contributed by atoms with E-state index in [-0.39, 0.29) is 11.6 Å². The van der Waals surface area contributed by atoms with Crippen molar-refractivity contribution in [2.24, 2.45) is 0 Å². The van der Waals surface area contributed by atoms with Crippen LogP contribution in [0.25, 0.3) is 73.7 Å². The molecule has 0 N–H and O–H groups in total. The van der Waals surface area contributed by atoms with Crippen molar-refractivity contribution in [3.05, 3.63) is 240 Å². The lowest BCUT2D eigenvalue weighted by Gasteiger charge is -2.26. The summed E-state index contributed by atoms with van der Waals surface area (Å²) in [6.07, 6.45) is 1.61. The van der Waals surface area contributed by atoms with E-state index < -0.39 is 0 Å². The normalized spacial score (nSPS) is 12.4. The van der Waals surface area contributed by atoms with Crippen LogP contribution in [0.3, 0.4) is 0 Å². The molecule has 0 saturated heterocycles. The first-order valence-corrected chi connectivity index (χ1v) is 24.6. The molecule has 2 heterocycles. The smallest absolute Gasteiger partial charge is 0.123 e. The van der Waals surface area contributed by atoms with E-state index in [1.807, 2.05) is 34.8 Å². The number of hydrogen-bond acceptors (Lipinski definition) is 4. The van der Waals surface area contributed by atoms with Gasteiger partial charge in [0.1, 0.15) is 11.6 Å². The number of fused-ring (bicyclic) bond motifs is 14. The van der Waals surface area contributed by atoms with Crippen molar-refractivity contribution in [1.82, 2.24) is 0 Å². The number of hydrogen-bond donors (Lipinski definition) is 0. The van der Waals surface area contributed by atoms with Crippen LogP contribution in [0, 0.1) is 11.6 Å². The summed E-state index contributed by atoms with van der Waals surface area (Å²) in [6.45, 7) is 0. The summed E-state index contributed by atoms with van der Waals surface area (Å²) in [6, 6.07) is 71.7. The molecule has 6 heteroatoms. The second-order valence-electron chi connectivity index (χ2n) is 17.9. The Morgan fingerprint density at radius 3 is 1.13 bits per heavy atom. The highest BCUT2D eigenvalue weighted by Crippen LogP contribution is 2.50. The maximum atomic E-state index is 14.4. The molecule has 0 saturated carbocycles. The van der Waals surface area contributed by atoms with Crippen LogP contribution in [0.1, 0.15) is 22.3 Å². The van der Waals surface area contributed by atoms with Gasteiger partial charge in [-0.15, -0.1) is 22.7 Å². The van der Waals surface area contributed by atoms with Crippen LogP contribution >= 0.6 is 22.7 Å². The molecule has 0 atom stereocenters. The molecule has 0 amide bonds. The fourth-order valence-electron chi connectivity index (χ4n) is 10.9. The summed E-state index contributed by atoms with van der Waals surface area (Å²) in [5.74, 6) is -0.390. The molecular weight excluding hydrogens is 875 g/mol. The number of para-hydroxylation sites is 2. The molecule has 0 aliphatic heterocycles. The molecule has 2 nitrogen and oxygen atoms in total. The van der Waals surface area contributed by atoms with E-state index in [1.54, 1.807) is 24.3 Å². The summed E-state index contributed by atoms with van der Waals surface area (Å²) in [4.78, 5) is 4.67. The van der Waals surface area contributed by atoms with Crippen LogP contribution in [0.5, 0.6) is 0 Å². The Labute approximate surface area is 399 Å². The van der Waals surface area contributed by atoms with Gasteiger partial charge in [-0.1, -0.05) is 84.9 Å². The number of nitrogens with zero attached hydrogens (tertiary/aromatic N) is 2. The van der Waals surface area contributed by atoms with E-state index >= 15 is 0 Å². The van der Waals surface area contributed by atoms with Gasteiger partial charge in [-0.3, -0.25) is 0 Å². The third-order valence-corrected chi connectivity index (χ3v) is 16.3. The Bertz CT molecular complexity index is 3730. The van der Waals surface area contributed by atoms with Crippen molar-refractivity contribution < 1.29 is 8.78 Å². The number of thiophene rings is 2. The predicted molar refractivity (Wildman–Crippen MR) is 283 cm³/mol. The highest BCUT2D eigenvalue weighted by Gasteiger charge is 2.26. The Balaban J connectivity index is 0.812. The van der Waals surface area contributed by atoms with E-state index in [0.717, 1.165) is 80.3 Å². The highest BCUT2D eigenvalue weighted by atomic mass is 32.1. The zero-order chi connectivity index (χ0) is 45.0. The fraction of sp³-hybridized carbons (Fsp3) is 0.0323. The van der Waals surface area contributed by atoms with Gasteiger partial charge in [-0.05, 0) is 190 Å². The maximum Gasteiger partial charge on any atom is 0.123 e. The molecule has 12 aromatic rings. The van der Waals surface area contributed by atoms with Gasteiger partial charge >= 0.3 is 0 Å². The van der Waals surface area contributed by atoms with Gasteiger partial charge in [0, 0.05) is 74.5 Å². The SMILES string of the molecule is Fc1ccc2c(c1)-c1ccc3sc4ccc(N(c5ccccc5)c5ccc(-c6ccc(N(c7ccccc7)c7ccc8sc9ccc%10c(c9c8c7)Cc7ccc(F)cc7-%10)cc6)cc5)cc4c3c1C2. The van der Waals surface area contributed by atoms with Crippen LogP contribution in [-0.4, -0.2) is 0 Å². The average molecular weight is 913 g/mol. The van der Waals surface area contributed by atoms with Crippen molar-refractivity contribution in [2.45, 2.75) is 12.8 Å². The van der Waals surface area contributed by atoms with Crippen LogP contribution in [0.15, 0.2) is 206 Å². The molecule has 14 rings (SSSR count). The quantitative estimate of drug-likeness (QED) is 0.157. The van der Waals surface area contributed by atoms with Crippen LogP contribution < -0.4 is 9.80 Å². The second kappa shape index (κ2) is 15.3. The minimum atomic E-state index is -0.195. The Hall–Kier alpha value is -7.90. The minimum absolute atomic E-state index is 0.195. The molecular formula is C62H38F2N2S2. The van der Waals surface area contributed by atoms with Crippen LogP contribution in [0.2, 0.25) is 0 Å². The van der Waals surface area contributed by atoms with Gasteiger partial charge in [-0.2, -0.15) is 0 Å². The Morgan fingerprint density at radius 1 is 0.324 bits per heavy atom. The average Bonchev–Trinajstić information content (AvgIpc) is 4.15. The second-order valence-corrected chi connectivity index (χ2v) is 20.1. The Kier molecular flexibility index (Phi) is 8.85. The Morgan fingerprint density at radius 2 is 0.706 bits per heavy atom. The molecule has 10 aromatic carbocycles. The van der Waals surface area contributed by atoms with Crippen molar-refractivity contribution in [2.75, 3.05) is 9.80 Å². The molecule has 0 unspecified atom stereocenters. The van der Waals surface area contributed by atoms with Gasteiger partial charge in [0.15, 0.2) is 0 Å². The lowest BCUT2D eigenvalue weighted by molar-refractivity contribution is 0.627. The topological polar surface area (TPSA) is 6.48 Å². The number of rotatable bonds is 7. The lowest BCUT2D eigenvalue weighted by Crippen LogP contribution is -2.10.